The van der Waals surface area contributed by atoms with Gasteiger partial charge in [-0.2, -0.15) is 18.4 Å². The lowest BCUT2D eigenvalue weighted by Crippen LogP contribution is -2.51. The van der Waals surface area contributed by atoms with E-state index in [-0.39, 0.29) is 53.6 Å². The average Bonchev–Trinajstić information content (AvgIpc) is 3.14. The van der Waals surface area contributed by atoms with E-state index in [0.29, 0.717) is 26.1 Å². The number of benzene rings is 1. The van der Waals surface area contributed by atoms with Gasteiger partial charge in [0.1, 0.15) is 11.1 Å². The molecule has 1 saturated carbocycles. The lowest BCUT2D eigenvalue weighted by Gasteiger charge is -2.42. The van der Waals surface area contributed by atoms with E-state index >= 15 is 0 Å². The second-order valence-corrected chi connectivity index (χ2v) is 14.8. The van der Waals surface area contributed by atoms with E-state index in [0.717, 1.165) is 42.7 Å². The molecule has 2 saturated heterocycles. The lowest BCUT2D eigenvalue weighted by atomic mass is 9.89. The summed E-state index contributed by atoms with van der Waals surface area (Å²) in [5.74, 6) is -0.626. The Hall–Kier alpha value is -2.79. The number of thiocarbonyl (C=S) groups is 1. The first-order valence-electron chi connectivity index (χ1n) is 16.3. The molecule has 1 aromatic carbocycles. The Kier molecular flexibility index (Phi) is 11.3. The Morgan fingerprint density at radius 3 is 2.13 bits per heavy atom. The molecule has 0 spiro atoms. The highest BCUT2D eigenvalue weighted by Crippen LogP contribution is 2.40. The number of carbonyl (C=O) groups excluding carboxylic acids is 2. The normalized spacial score (nSPS) is 27.2. The molecule has 0 bridgehead atoms. The van der Waals surface area contributed by atoms with E-state index in [2.05, 4.69) is 18.7 Å². The van der Waals surface area contributed by atoms with E-state index in [1.165, 1.54) is 6.07 Å². The van der Waals surface area contributed by atoms with Crippen molar-refractivity contribution in [1.29, 1.82) is 5.26 Å². The topological polar surface area (TPSA) is 95.3 Å². The molecular weight excluding hydrogens is 633 g/mol. The predicted molar refractivity (Wildman–Crippen MR) is 175 cm³/mol. The lowest BCUT2D eigenvalue weighted by molar-refractivity contribution is -0.159. The number of carbonyl (C=O) groups is 2. The molecule has 3 atom stereocenters. The summed E-state index contributed by atoms with van der Waals surface area (Å²) in [6.07, 6.45) is -0.0782. The number of hydrogen-bond donors (Lipinski definition) is 0. The summed E-state index contributed by atoms with van der Waals surface area (Å²) in [6.45, 7) is 14.5. The van der Waals surface area contributed by atoms with Gasteiger partial charge in [-0.15, -0.1) is 0 Å². The monoisotopic (exact) mass is 680 g/mol. The smallest absolute Gasteiger partial charge is 0.417 e. The van der Waals surface area contributed by atoms with Crippen LogP contribution in [-0.2, 0) is 30.0 Å². The molecule has 9 nitrogen and oxygen atoms in total. The van der Waals surface area contributed by atoms with Crippen molar-refractivity contribution in [3.8, 4) is 6.07 Å². The van der Waals surface area contributed by atoms with Crippen molar-refractivity contribution >= 4 is 34.9 Å². The van der Waals surface area contributed by atoms with Crippen LogP contribution < -0.4 is 4.90 Å². The molecule has 1 aromatic rings. The van der Waals surface area contributed by atoms with E-state index in [4.69, 9.17) is 31.7 Å². The molecule has 13 heteroatoms. The first-order chi connectivity index (χ1) is 21.8. The Balaban J connectivity index is 1.25. The molecule has 3 fully saturated rings. The highest BCUT2D eigenvalue weighted by molar-refractivity contribution is 7.80. The molecular formula is C34H47F3N4O5S. The minimum atomic E-state index is -4.75. The highest BCUT2D eigenvalue weighted by atomic mass is 32.1. The maximum absolute atomic E-state index is 13.6. The molecule has 0 radical (unpaired) electrons. The molecule has 1 unspecified atom stereocenters. The van der Waals surface area contributed by atoms with E-state index in [1.807, 2.05) is 25.7 Å². The van der Waals surface area contributed by atoms with Gasteiger partial charge in [0.15, 0.2) is 5.11 Å². The summed E-state index contributed by atoms with van der Waals surface area (Å²) in [6, 6.07) is 5.09. The van der Waals surface area contributed by atoms with Crippen LogP contribution in [0.15, 0.2) is 18.2 Å². The van der Waals surface area contributed by atoms with Crippen molar-refractivity contribution < 1.29 is 37.0 Å². The van der Waals surface area contributed by atoms with Crippen LogP contribution in [0.5, 0.6) is 0 Å². The molecule has 2 heterocycles. The van der Waals surface area contributed by atoms with Crippen LogP contribution in [0.25, 0.3) is 0 Å². The fourth-order valence-electron chi connectivity index (χ4n) is 7.09. The summed E-state index contributed by atoms with van der Waals surface area (Å²) >= 11 is 5.70. The van der Waals surface area contributed by atoms with Gasteiger partial charge in [-0.05, 0) is 117 Å². The number of ether oxygens (including phenoxy) is 3. The standard InChI is InChI=1S/C34H47F3N4O5S/c1-21-16-27(17-22(2)39(21)20-29(42)46-32(3,4)5)45-15-14-44-26-12-10-24(11-13-26)41-31(47)40(30(43)33(41,6)7)25-9-8-23(19-38)28(18-25)34(35,36)37/h8-9,18,21-22,24,26-27H,10-17,20H2,1-7H3/t21-,22+,24-,26-,27?. The number of anilines is 1. The molecule has 0 N–H and O–H groups in total. The third-order valence-electron chi connectivity index (χ3n) is 9.28. The van der Waals surface area contributed by atoms with Crippen molar-refractivity contribution in [1.82, 2.24) is 9.80 Å². The number of nitriles is 1. The molecule has 0 aromatic heterocycles. The molecule has 1 amide bonds. The van der Waals surface area contributed by atoms with Crippen LogP contribution in [0, 0.1) is 11.3 Å². The van der Waals surface area contributed by atoms with Crippen LogP contribution in [0.2, 0.25) is 0 Å². The maximum Gasteiger partial charge on any atom is 0.417 e. The highest BCUT2D eigenvalue weighted by Gasteiger charge is 2.52. The number of nitrogens with zero attached hydrogens (tertiary/aromatic N) is 4. The summed E-state index contributed by atoms with van der Waals surface area (Å²) in [7, 11) is 0. The third kappa shape index (κ3) is 8.63. The summed E-state index contributed by atoms with van der Waals surface area (Å²) in [5.41, 5.74) is -3.17. The van der Waals surface area contributed by atoms with Gasteiger partial charge in [-0.3, -0.25) is 19.4 Å². The number of rotatable bonds is 9. The van der Waals surface area contributed by atoms with Gasteiger partial charge in [0, 0.05) is 18.1 Å². The van der Waals surface area contributed by atoms with Crippen LogP contribution >= 0.6 is 12.2 Å². The van der Waals surface area contributed by atoms with Gasteiger partial charge < -0.3 is 19.1 Å². The number of amides is 1. The first-order valence-corrected chi connectivity index (χ1v) is 16.7. The number of likely N-dealkylation sites (tertiary alicyclic amines) is 1. The van der Waals surface area contributed by atoms with Crippen molar-refractivity contribution in [3.63, 3.8) is 0 Å². The quantitative estimate of drug-likeness (QED) is 0.171. The number of alkyl halides is 3. The maximum atomic E-state index is 13.6. The van der Waals surface area contributed by atoms with Gasteiger partial charge >= 0.3 is 12.1 Å². The summed E-state index contributed by atoms with van der Waals surface area (Å²) in [4.78, 5) is 31.1. The van der Waals surface area contributed by atoms with Crippen LogP contribution in [0.4, 0.5) is 18.9 Å². The van der Waals surface area contributed by atoms with Crippen LogP contribution in [0.1, 0.15) is 98.1 Å². The minimum Gasteiger partial charge on any atom is -0.459 e. The Labute approximate surface area is 281 Å². The van der Waals surface area contributed by atoms with Crippen LogP contribution in [-0.4, -0.2) is 88.0 Å². The van der Waals surface area contributed by atoms with Gasteiger partial charge in [0.2, 0.25) is 0 Å². The number of halogens is 3. The molecule has 2 aliphatic heterocycles. The van der Waals surface area contributed by atoms with Gasteiger partial charge in [0.25, 0.3) is 5.91 Å². The number of piperidine rings is 1. The first kappa shape index (κ1) is 37.0. The Bertz CT molecular complexity index is 1350. The van der Waals surface area contributed by atoms with Crippen molar-refractivity contribution in [2.24, 2.45) is 0 Å². The zero-order valence-corrected chi connectivity index (χ0v) is 29.2. The minimum absolute atomic E-state index is 0.00331. The van der Waals surface area contributed by atoms with Crippen molar-refractivity contribution in [2.75, 3.05) is 24.7 Å². The molecule has 1 aliphatic carbocycles. The van der Waals surface area contributed by atoms with E-state index in [1.54, 1.807) is 19.9 Å². The second kappa shape index (κ2) is 14.4. The van der Waals surface area contributed by atoms with Gasteiger partial charge in [-0.1, -0.05) is 0 Å². The predicted octanol–water partition coefficient (Wildman–Crippen LogP) is 6.22. The van der Waals surface area contributed by atoms with Crippen molar-refractivity contribution in [2.45, 2.75) is 135 Å². The molecule has 4 rings (SSSR count). The number of esters is 1. The van der Waals surface area contributed by atoms with Gasteiger partial charge in [-0.25, -0.2) is 0 Å². The van der Waals surface area contributed by atoms with Crippen molar-refractivity contribution in [3.05, 3.63) is 29.3 Å². The second-order valence-electron chi connectivity index (χ2n) is 14.4. The summed E-state index contributed by atoms with van der Waals surface area (Å²) < 4.78 is 58.8. The van der Waals surface area contributed by atoms with E-state index in [9.17, 15) is 22.8 Å². The van der Waals surface area contributed by atoms with Gasteiger partial charge in [0.05, 0.1) is 54.8 Å². The SMILES string of the molecule is C[C@@H]1CC(OCCO[C@H]2CC[C@H](N3C(=S)N(c4ccc(C#N)c(C(F)(F)F)c4)C(=O)C3(C)C)CC2)C[C@H](C)N1CC(=O)OC(C)(C)C. The third-order valence-corrected chi connectivity index (χ3v) is 9.66. The molecule has 260 valence electrons. The fourth-order valence-corrected chi connectivity index (χ4v) is 7.65. The zero-order valence-electron chi connectivity index (χ0n) is 28.4. The van der Waals surface area contributed by atoms with E-state index < -0.39 is 34.4 Å². The average molecular weight is 681 g/mol. The fraction of sp³-hybridized carbons (Fsp3) is 0.706. The Morgan fingerprint density at radius 2 is 1.60 bits per heavy atom. The number of hydrogen-bond acceptors (Lipinski definition) is 8. The summed E-state index contributed by atoms with van der Waals surface area (Å²) in [5, 5.41) is 9.33. The van der Waals surface area contributed by atoms with Crippen LogP contribution in [0.3, 0.4) is 0 Å². The molecule has 3 aliphatic rings. The zero-order chi connectivity index (χ0) is 34.9. The molecule has 47 heavy (non-hydrogen) atoms. The Morgan fingerprint density at radius 1 is 1.02 bits per heavy atom. The largest absolute Gasteiger partial charge is 0.459 e.